The predicted molar refractivity (Wildman–Crippen MR) is 64.3 cm³/mol. The molecular formula is C10H12N2O5S. The third-order valence-corrected chi connectivity index (χ3v) is 3.40. The van der Waals surface area contributed by atoms with Crippen molar-refractivity contribution in [1.82, 2.24) is 9.55 Å². The number of rotatable bonds is 3. The van der Waals surface area contributed by atoms with Crippen molar-refractivity contribution in [2.45, 2.75) is 18.6 Å². The normalized spacial score (nSPS) is 22.9. The van der Waals surface area contributed by atoms with Gasteiger partial charge < -0.3 is 9.47 Å². The second-order valence-electron chi connectivity index (χ2n) is 3.53. The number of nitrogens with zero attached hydrogens (tertiary/aromatic N) is 1. The second-order valence-corrected chi connectivity index (χ2v) is 4.62. The van der Waals surface area contributed by atoms with E-state index in [9.17, 15) is 14.4 Å². The quantitative estimate of drug-likeness (QED) is 0.759. The van der Waals surface area contributed by atoms with Gasteiger partial charge in [0.05, 0.1) is 6.61 Å². The number of aromatic nitrogens is 2. The van der Waals surface area contributed by atoms with Gasteiger partial charge in [-0.1, -0.05) is 0 Å². The molecule has 0 bridgehead atoms. The van der Waals surface area contributed by atoms with E-state index in [2.05, 4.69) is 4.98 Å². The Morgan fingerprint density at radius 1 is 1.67 bits per heavy atom. The largest absolute Gasteiger partial charge is 0.463 e. The molecule has 2 atom stereocenters. The Hall–Kier alpha value is -1.54. The van der Waals surface area contributed by atoms with Crippen molar-refractivity contribution in [3.05, 3.63) is 33.1 Å². The molecule has 1 saturated heterocycles. The van der Waals surface area contributed by atoms with Gasteiger partial charge in [0.1, 0.15) is 6.23 Å². The summed E-state index contributed by atoms with van der Waals surface area (Å²) in [5.74, 6) is -0.0161. The van der Waals surface area contributed by atoms with E-state index < -0.39 is 28.9 Å². The summed E-state index contributed by atoms with van der Waals surface area (Å²) in [6.45, 7) is 1.99. The lowest BCUT2D eigenvalue weighted by molar-refractivity contribution is -0.153. The summed E-state index contributed by atoms with van der Waals surface area (Å²) in [6.07, 6.45) is 0.772. The van der Waals surface area contributed by atoms with E-state index in [1.165, 1.54) is 28.6 Å². The molecule has 1 aromatic rings. The van der Waals surface area contributed by atoms with Gasteiger partial charge in [-0.3, -0.25) is 14.3 Å². The first-order valence-corrected chi connectivity index (χ1v) is 6.42. The molecule has 0 saturated carbocycles. The number of hydrogen-bond donors (Lipinski definition) is 1. The van der Waals surface area contributed by atoms with Crippen LogP contribution in [0.4, 0.5) is 0 Å². The summed E-state index contributed by atoms with van der Waals surface area (Å²) in [6, 6.07) is 1.23. The number of aromatic amines is 1. The summed E-state index contributed by atoms with van der Waals surface area (Å²) in [5, 5.41) is 0. The first-order chi connectivity index (χ1) is 8.61. The molecule has 1 aliphatic heterocycles. The number of esters is 1. The van der Waals surface area contributed by atoms with Gasteiger partial charge in [0.15, 0.2) is 0 Å². The van der Waals surface area contributed by atoms with Crippen LogP contribution in [0.15, 0.2) is 21.9 Å². The van der Waals surface area contributed by atoms with E-state index in [0.29, 0.717) is 5.75 Å². The average Bonchev–Trinajstić information content (AvgIpc) is 2.78. The molecule has 0 amide bonds. The van der Waals surface area contributed by atoms with Crippen LogP contribution >= 0.6 is 11.8 Å². The van der Waals surface area contributed by atoms with Gasteiger partial charge in [-0.05, 0) is 6.92 Å². The highest BCUT2D eigenvalue weighted by molar-refractivity contribution is 8.00. The molecule has 18 heavy (non-hydrogen) atoms. The first-order valence-electron chi connectivity index (χ1n) is 5.37. The second kappa shape index (κ2) is 5.40. The van der Waals surface area contributed by atoms with E-state index in [-0.39, 0.29) is 6.61 Å². The molecule has 0 aliphatic carbocycles. The number of thioether (sulfide) groups is 1. The van der Waals surface area contributed by atoms with Gasteiger partial charge in [-0.25, -0.2) is 9.59 Å². The van der Waals surface area contributed by atoms with E-state index in [1.807, 2.05) is 0 Å². The molecular weight excluding hydrogens is 260 g/mol. The van der Waals surface area contributed by atoms with Crippen molar-refractivity contribution in [2.24, 2.45) is 0 Å². The predicted octanol–water partition coefficient (Wildman–Crippen LogP) is -0.312. The van der Waals surface area contributed by atoms with Crippen LogP contribution in [0.3, 0.4) is 0 Å². The number of carbonyl (C=O) groups excluding carboxylic acids is 1. The van der Waals surface area contributed by atoms with Gasteiger partial charge >= 0.3 is 11.7 Å². The summed E-state index contributed by atoms with van der Waals surface area (Å²) in [4.78, 5) is 36.0. The molecule has 0 spiro atoms. The SMILES string of the molecule is CCOC(=O)[C@H]1O[C@@H](n2ccc(=O)[nH]c2=O)CS1. The Balaban J connectivity index is 2.11. The van der Waals surface area contributed by atoms with Crippen molar-refractivity contribution >= 4 is 17.7 Å². The van der Waals surface area contributed by atoms with Gasteiger partial charge in [-0.2, -0.15) is 0 Å². The molecule has 2 rings (SSSR count). The highest BCUT2D eigenvalue weighted by atomic mass is 32.2. The molecule has 1 aromatic heterocycles. The number of H-pyrrole nitrogens is 1. The number of nitrogens with one attached hydrogen (secondary N) is 1. The lowest BCUT2D eigenvalue weighted by Gasteiger charge is -2.13. The van der Waals surface area contributed by atoms with Crippen molar-refractivity contribution < 1.29 is 14.3 Å². The number of ether oxygens (including phenoxy) is 2. The molecule has 2 heterocycles. The highest BCUT2D eigenvalue weighted by Crippen LogP contribution is 2.31. The van der Waals surface area contributed by atoms with Gasteiger partial charge in [0.2, 0.25) is 5.44 Å². The Kier molecular flexibility index (Phi) is 3.87. The summed E-state index contributed by atoms with van der Waals surface area (Å²) >= 11 is 1.26. The van der Waals surface area contributed by atoms with Crippen molar-refractivity contribution in [1.29, 1.82) is 0 Å². The van der Waals surface area contributed by atoms with Crippen molar-refractivity contribution in [3.8, 4) is 0 Å². The molecule has 0 radical (unpaired) electrons. The molecule has 0 unspecified atom stereocenters. The topological polar surface area (TPSA) is 90.4 Å². The van der Waals surface area contributed by atoms with Crippen LogP contribution in [-0.4, -0.2) is 33.3 Å². The van der Waals surface area contributed by atoms with Crippen LogP contribution < -0.4 is 11.2 Å². The number of hydrogen-bond acceptors (Lipinski definition) is 6. The van der Waals surface area contributed by atoms with Crippen LogP contribution in [0.1, 0.15) is 13.2 Å². The zero-order valence-electron chi connectivity index (χ0n) is 9.62. The Labute approximate surface area is 106 Å². The standard InChI is InChI=1S/C10H12N2O5S/c1-2-16-8(14)9-17-7(5-18-9)12-4-3-6(13)11-10(12)15/h3-4,7,9H,2,5H2,1H3,(H,11,13,15)/t7-,9+/m1/s1. The van der Waals surface area contributed by atoms with Crippen LogP contribution in [0.2, 0.25) is 0 Å². The van der Waals surface area contributed by atoms with Crippen LogP contribution in [0.25, 0.3) is 0 Å². The molecule has 1 aliphatic rings. The lowest BCUT2D eigenvalue weighted by Crippen LogP contribution is -2.33. The third-order valence-electron chi connectivity index (χ3n) is 2.31. The van der Waals surface area contributed by atoms with E-state index in [4.69, 9.17) is 9.47 Å². The molecule has 98 valence electrons. The summed E-state index contributed by atoms with van der Waals surface area (Å²) < 4.78 is 11.5. The van der Waals surface area contributed by atoms with Gasteiger partial charge in [0, 0.05) is 18.0 Å². The fourth-order valence-corrected chi connectivity index (χ4v) is 2.51. The van der Waals surface area contributed by atoms with Crippen LogP contribution in [0.5, 0.6) is 0 Å². The van der Waals surface area contributed by atoms with Crippen molar-refractivity contribution in [2.75, 3.05) is 12.4 Å². The lowest BCUT2D eigenvalue weighted by atomic mass is 10.5. The Morgan fingerprint density at radius 2 is 2.44 bits per heavy atom. The van der Waals surface area contributed by atoms with Crippen molar-refractivity contribution in [3.63, 3.8) is 0 Å². The van der Waals surface area contributed by atoms with Crippen LogP contribution in [-0.2, 0) is 14.3 Å². The minimum Gasteiger partial charge on any atom is -0.463 e. The fraction of sp³-hybridized carbons (Fsp3) is 0.500. The molecule has 1 N–H and O–H groups in total. The summed E-state index contributed by atoms with van der Waals surface area (Å²) in [7, 11) is 0. The van der Waals surface area contributed by atoms with E-state index >= 15 is 0 Å². The first kappa shape index (κ1) is 12.9. The molecule has 8 heteroatoms. The summed E-state index contributed by atoms with van der Waals surface area (Å²) in [5.41, 5.74) is -1.75. The smallest absolute Gasteiger partial charge is 0.345 e. The van der Waals surface area contributed by atoms with E-state index in [1.54, 1.807) is 6.92 Å². The van der Waals surface area contributed by atoms with Crippen LogP contribution in [0, 0.1) is 0 Å². The molecule has 0 aromatic carbocycles. The fourth-order valence-electron chi connectivity index (χ4n) is 1.52. The Morgan fingerprint density at radius 3 is 3.11 bits per heavy atom. The third kappa shape index (κ3) is 2.65. The average molecular weight is 272 g/mol. The molecule has 7 nitrogen and oxygen atoms in total. The zero-order valence-corrected chi connectivity index (χ0v) is 10.4. The van der Waals surface area contributed by atoms with E-state index in [0.717, 1.165) is 0 Å². The minimum atomic E-state index is -0.728. The zero-order chi connectivity index (χ0) is 13.1. The van der Waals surface area contributed by atoms with Gasteiger partial charge in [0.25, 0.3) is 5.56 Å². The number of carbonyl (C=O) groups is 1. The maximum Gasteiger partial charge on any atom is 0.345 e. The maximum atomic E-state index is 11.5. The Bertz CT molecular complexity index is 552. The van der Waals surface area contributed by atoms with Gasteiger partial charge in [-0.15, -0.1) is 11.8 Å². The molecule has 1 fully saturated rings. The highest BCUT2D eigenvalue weighted by Gasteiger charge is 2.33. The maximum absolute atomic E-state index is 11.5. The monoisotopic (exact) mass is 272 g/mol. The minimum absolute atomic E-state index is 0.280.